The number of anilines is 1. The van der Waals surface area contributed by atoms with Gasteiger partial charge in [-0.3, -0.25) is 4.90 Å². The molecule has 0 unspecified atom stereocenters. The summed E-state index contributed by atoms with van der Waals surface area (Å²) in [4.78, 5) is 4.55. The molecule has 1 aliphatic rings. The van der Waals surface area contributed by atoms with Crippen molar-refractivity contribution in [3.05, 3.63) is 94.5 Å². The van der Waals surface area contributed by atoms with E-state index < -0.39 is 5.60 Å². The summed E-state index contributed by atoms with van der Waals surface area (Å²) < 4.78 is 5.51. The van der Waals surface area contributed by atoms with Crippen LogP contribution in [-0.4, -0.2) is 54.5 Å². The van der Waals surface area contributed by atoms with Gasteiger partial charge in [-0.25, -0.2) is 0 Å². The lowest BCUT2D eigenvalue weighted by atomic mass is 9.93. The van der Waals surface area contributed by atoms with Crippen molar-refractivity contribution in [1.82, 2.24) is 4.90 Å². The van der Waals surface area contributed by atoms with Gasteiger partial charge in [-0.2, -0.15) is 5.26 Å². The summed E-state index contributed by atoms with van der Waals surface area (Å²) in [5.41, 5.74) is 2.49. The first kappa shape index (κ1) is 25.0. The Balaban J connectivity index is 1.61. The van der Waals surface area contributed by atoms with Crippen molar-refractivity contribution in [2.45, 2.75) is 18.6 Å². The van der Waals surface area contributed by atoms with E-state index in [1.165, 1.54) is 0 Å². The van der Waals surface area contributed by atoms with E-state index >= 15 is 0 Å². The number of nitriles is 1. The topological polar surface area (TPSA) is 80.0 Å². The molecule has 0 aliphatic carbocycles. The van der Waals surface area contributed by atoms with Crippen LogP contribution in [0.1, 0.15) is 29.7 Å². The molecule has 2 N–H and O–H groups in total. The number of halogens is 1. The van der Waals surface area contributed by atoms with Gasteiger partial charge in [0.15, 0.2) is 0 Å². The molecule has 0 bridgehead atoms. The monoisotopic (exact) mass is 491 g/mol. The standard InChI is InChI=1S/C28H30ClN3O3/c1-28(34,23-5-3-2-4-6-23)20-31-13-14-32(26-12-11-24(17-25(26)29)35-16-15-33)27(19-31)22-9-7-21(18-30)8-10-22/h2-12,17,27,33-34H,13-16,19-20H2,1H3/t27-,28+/m0/s1. The van der Waals surface area contributed by atoms with Gasteiger partial charge in [0, 0.05) is 32.2 Å². The van der Waals surface area contributed by atoms with Crippen LogP contribution in [0, 0.1) is 11.3 Å². The molecule has 3 aromatic carbocycles. The highest BCUT2D eigenvalue weighted by atomic mass is 35.5. The lowest BCUT2D eigenvalue weighted by molar-refractivity contribution is 0.0103. The molecular weight excluding hydrogens is 462 g/mol. The van der Waals surface area contributed by atoms with Crippen LogP contribution in [0.2, 0.25) is 5.02 Å². The second kappa shape index (κ2) is 11.1. The van der Waals surface area contributed by atoms with Crippen molar-refractivity contribution in [1.29, 1.82) is 5.26 Å². The van der Waals surface area contributed by atoms with E-state index in [0.717, 1.165) is 23.4 Å². The number of aliphatic hydroxyl groups is 2. The molecule has 6 nitrogen and oxygen atoms in total. The Morgan fingerprint density at radius 1 is 1.09 bits per heavy atom. The van der Waals surface area contributed by atoms with E-state index in [0.29, 0.717) is 36.0 Å². The minimum Gasteiger partial charge on any atom is -0.491 e. The van der Waals surface area contributed by atoms with E-state index in [-0.39, 0.29) is 19.3 Å². The minimum atomic E-state index is -0.984. The lowest BCUT2D eigenvalue weighted by Gasteiger charge is -2.45. The molecular formula is C28H30ClN3O3. The molecule has 1 aliphatic heterocycles. The SMILES string of the molecule is C[C@@](O)(CN1CCN(c2ccc(OCCO)cc2Cl)[C@H](c2ccc(C#N)cc2)C1)c1ccccc1. The number of aliphatic hydroxyl groups excluding tert-OH is 1. The first-order valence-corrected chi connectivity index (χ1v) is 12.1. The van der Waals surface area contributed by atoms with Crippen LogP contribution in [0.4, 0.5) is 5.69 Å². The van der Waals surface area contributed by atoms with Crippen molar-refractivity contribution < 1.29 is 14.9 Å². The molecule has 35 heavy (non-hydrogen) atoms. The van der Waals surface area contributed by atoms with E-state index in [2.05, 4.69) is 15.9 Å². The van der Waals surface area contributed by atoms with Gasteiger partial charge in [-0.05, 0) is 42.3 Å². The van der Waals surface area contributed by atoms with Crippen molar-refractivity contribution in [3.8, 4) is 11.8 Å². The van der Waals surface area contributed by atoms with E-state index in [1.54, 1.807) is 6.07 Å². The number of benzene rings is 3. The third-order valence-electron chi connectivity index (χ3n) is 6.40. The zero-order valence-corrected chi connectivity index (χ0v) is 20.5. The Hall–Kier alpha value is -3.08. The van der Waals surface area contributed by atoms with Crippen molar-refractivity contribution in [2.75, 3.05) is 44.3 Å². The van der Waals surface area contributed by atoms with E-state index in [9.17, 15) is 10.4 Å². The average Bonchev–Trinajstić information content (AvgIpc) is 2.88. The van der Waals surface area contributed by atoms with Crippen LogP contribution >= 0.6 is 11.6 Å². The molecule has 3 aromatic rings. The van der Waals surface area contributed by atoms with Gasteiger partial charge in [0.1, 0.15) is 12.4 Å². The van der Waals surface area contributed by atoms with Gasteiger partial charge >= 0.3 is 0 Å². The normalized spacial score (nSPS) is 18.0. The zero-order chi connectivity index (χ0) is 24.8. The molecule has 7 heteroatoms. The Kier molecular flexibility index (Phi) is 7.94. The number of hydrogen-bond acceptors (Lipinski definition) is 6. The summed E-state index contributed by atoms with van der Waals surface area (Å²) in [6, 6.07) is 25.1. The predicted octanol–water partition coefficient (Wildman–Crippen LogP) is 4.35. The average molecular weight is 492 g/mol. The summed E-state index contributed by atoms with van der Waals surface area (Å²) in [5, 5.41) is 30.1. The maximum absolute atomic E-state index is 11.2. The summed E-state index contributed by atoms with van der Waals surface area (Å²) in [5.74, 6) is 0.611. The lowest BCUT2D eigenvalue weighted by Crippen LogP contribution is -2.52. The second-order valence-corrected chi connectivity index (χ2v) is 9.41. The van der Waals surface area contributed by atoms with Crippen molar-refractivity contribution in [2.24, 2.45) is 0 Å². The fourth-order valence-corrected chi connectivity index (χ4v) is 4.91. The molecule has 1 fully saturated rings. The molecule has 0 saturated carbocycles. The van der Waals surface area contributed by atoms with Crippen LogP contribution in [0.3, 0.4) is 0 Å². The van der Waals surface area contributed by atoms with Gasteiger partial charge in [-0.15, -0.1) is 0 Å². The second-order valence-electron chi connectivity index (χ2n) is 9.00. The number of hydrogen-bond donors (Lipinski definition) is 2. The Morgan fingerprint density at radius 3 is 2.49 bits per heavy atom. The van der Waals surface area contributed by atoms with Crippen molar-refractivity contribution in [3.63, 3.8) is 0 Å². The number of piperazine rings is 1. The van der Waals surface area contributed by atoms with Gasteiger partial charge in [-0.1, -0.05) is 54.1 Å². The first-order valence-electron chi connectivity index (χ1n) is 11.7. The third-order valence-corrected chi connectivity index (χ3v) is 6.71. The molecule has 1 heterocycles. The quantitative estimate of drug-likeness (QED) is 0.487. The molecule has 4 rings (SSSR count). The van der Waals surface area contributed by atoms with Crippen LogP contribution in [0.25, 0.3) is 0 Å². The van der Waals surface area contributed by atoms with Gasteiger partial charge in [0.2, 0.25) is 0 Å². The van der Waals surface area contributed by atoms with E-state index in [1.807, 2.05) is 73.7 Å². The highest BCUT2D eigenvalue weighted by molar-refractivity contribution is 6.33. The highest BCUT2D eigenvalue weighted by Crippen LogP contribution is 2.38. The summed E-state index contributed by atoms with van der Waals surface area (Å²) in [7, 11) is 0. The maximum Gasteiger partial charge on any atom is 0.121 e. The molecule has 0 aromatic heterocycles. The smallest absolute Gasteiger partial charge is 0.121 e. The molecule has 0 amide bonds. The van der Waals surface area contributed by atoms with Crippen LogP contribution in [0.15, 0.2) is 72.8 Å². The van der Waals surface area contributed by atoms with Gasteiger partial charge < -0.3 is 19.8 Å². The van der Waals surface area contributed by atoms with Crippen LogP contribution < -0.4 is 9.64 Å². The third kappa shape index (κ3) is 5.95. The van der Waals surface area contributed by atoms with Gasteiger partial charge in [0.25, 0.3) is 0 Å². The minimum absolute atomic E-state index is 0.0234. The Labute approximate surface area is 211 Å². The predicted molar refractivity (Wildman–Crippen MR) is 138 cm³/mol. The van der Waals surface area contributed by atoms with Crippen LogP contribution in [-0.2, 0) is 5.60 Å². The molecule has 182 valence electrons. The Morgan fingerprint density at radius 2 is 1.83 bits per heavy atom. The summed E-state index contributed by atoms with van der Waals surface area (Å²) >= 11 is 6.68. The van der Waals surface area contributed by atoms with Crippen LogP contribution in [0.5, 0.6) is 5.75 Å². The largest absolute Gasteiger partial charge is 0.491 e. The fraction of sp³-hybridized carbons (Fsp3) is 0.321. The zero-order valence-electron chi connectivity index (χ0n) is 19.8. The highest BCUT2D eigenvalue weighted by Gasteiger charge is 2.34. The summed E-state index contributed by atoms with van der Waals surface area (Å²) in [6.45, 7) is 4.67. The number of nitrogens with zero attached hydrogens (tertiary/aromatic N) is 3. The molecule has 0 spiro atoms. The Bertz CT molecular complexity index is 1160. The van der Waals surface area contributed by atoms with Gasteiger partial charge in [0.05, 0.1) is 40.6 Å². The van der Waals surface area contributed by atoms with Crippen molar-refractivity contribution >= 4 is 17.3 Å². The first-order chi connectivity index (χ1) is 16.9. The number of rotatable bonds is 8. The maximum atomic E-state index is 11.2. The molecule has 0 radical (unpaired) electrons. The van der Waals surface area contributed by atoms with E-state index in [4.69, 9.17) is 21.4 Å². The fourth-order valence-electron chi connectivity index (χ4n) is 4.63. The number of ether oxygens (including phenoxy) is 1. The molecule has 2 atom stereocenters. The summed E-state index contributed by atoms with van der Waals surface area (Å²) in [6.07, 6.45) is 0. The number of β-amino-alcohol motifs (C(OH)–C–C–N with tert-alkyl or cyclic N) is 1. The molecule has 1 saturated heterocycles.